The number of ether oxygens (including phenoxy) is 1. The fraction of sp³-hybridized carbons (Fsp3) is 0.321. The molecule has 1 amide bonds. The van der Waals surface area contributed by atoms with Crippen LogP contribution in [0.4, 0.5) is 17.3 Å². The van der Waals surface area contributed by atoms with Crippen LogP contribution in [0.5, 0.6) is 0 Å². The van der Waals surface area contributed by atoms with Crippen LogP contribution in [0, 0.1) is 5.41 Å². The highest BCUT2D eigenvalue weighted by Gasteiger charge is 2.37. The van der Waals surface area contributed by atoms with Gasteiger partial charge < -0.3 is 19.2 Å². The van der Waals surface area contributed by atoms with Crippen LogP contribution in [-0.2, 0) is 42.7 Å². The van der Waals surface area contributed by atoms with E-state index in [-0.39, 0.29) is 23.5 Å². The van der Waals surface area contributed by atoms with Crippen molar-refractivity contribution in [3.05, 3.63) is 75.7 Å². The zero-order chi connectivity index (χ0) is 28.2. The van der Waals surface area contributed by atoms with Crippen molar-refractivity contribution in [3.8, 4) is 11.1 Å². The van der Waals surface area contributed by atoms with Gasteiger partial charge in [-0.1, -0.05) is 13.8 Å². The minimum atomic E-state index is -0.465. The van der Waals surface area contributed by atoms with Gasteiger partial charge in [-0.25, -0.2) is 15.4 Å². The molecule has 1 aliphatic heterocycles. The van der Waals surface area contributed by atoms with Gasteiger partial charge in [0.05, 0.1) is 6.67 Å². The van der Waals surface area contributed by atoms with Gasteiger partial charge in [-0.15, -0.1) is 0 Å². The number of nitrogens with zero attached hydrogens (tertiary/aromatic N) is 5. The van der Waals surface area contributed by atoms with E-state index < -0.39 is 5.97 Å². The number of aromatic amines is 1. The number of anilines is 3. The first kappa shape index (κ1) is 25.6. The highest BCUT2D eigenvalue weighted by atomic mass is 16.5. The number of carbonyl (C=O) groups excluding carboxylic acids is 2. The maximum Gasteiger partial charge on any atom is 0.302 e. The topological polar surface area (TPSA) is 139 Å². The van der Waals surface area contributed by atoms with Crippen LogP contribution in [0.1, 0.15) is 48.1 Å². The molecule has 40 heavy (non-hydrogen) atoms. The van der Waals surface area contributed by atoms with Crippen molar-refractivity contribution in [2.45, 2.75) is 46.9 Å². The monoisotopic (exact) mass is 542 g/mol. The minimum Gasteiger partial charge on any atom is -0.461 e. The predicted molar refractivity (Wildman–Crippen MR) is 148 cm³/mol. The maximum atomic E-state index is 13.8. The summed E-state index contributed by atoms with van der Waals surface area (Å²) in [7, 11) is 1.65. The van der Waals surface area contributed by atoms with E-state index in [2.05, 4.69) is 39.8 Å². The quantitative estimate of drug-likeness (QED) is 0.316. The number of hydrogen-bond donors (Lipinski definition) is 3. The van der Waals surface area contributed by atoms with Crippen LogP contribution >= 0.6 is 0 Å². The van der Waals surface area contributed by atoms with E-state index in [1.165, 1.54) is 27.8 Å². The summed E-state index contributed by atoms with van der Waals surface area (Å²) in [5, 5.41) is 11.2. The summed E-state index contributed by atoms with van der Waals surface area (Å²) in [6.07, 6.45) is 6.76. The van der Waals surface area contributed by atoms with E-state index >= 15 is 0 Å². The third-order valence-electron chi connectivity index (χ3n) is 7.34. The third-order valence-corrected chi connectivity index (χ3v) is 7.34. The number of pyridine rings is 2. The molecule has 0 unspecified atom stereocenters. The molecule has 4 aromatic rings. The largest absolute Gasteiger partial charge is 0.461 e. The molecule has 5 heterocycles. The number of nitrogens with one attached hydrogen (secondary N) is 3. The summed E-state index contributed by atoms with van der Waals surface area (Å²) in [6, 6.07) is 7.17. The highest BCUT2D eigenvalue weighted by molar-refractivity contribution is 6.05. The number of esters is 1. The SMILES string of the molecule is CC(=O)OCc1c(-c2cc(Nc3cc[nH]n3)c(=O)n(C)c2)ccnc1N1NCn2c(cc3c2CC(C)(C)C3)C1=O. The summed E-state index contributed by atoms with van der Waals surface area (Å²) in [6.45, 7) is 6.08. The molecule has 0 aromatic carbocycles. The summed E-state index contributed by atoms with van der Waals surface area (Å²) in [5.74, 6) is 0.111. The van der Waals surface area contributed by atoms with Gasteiger partial charge in [0.15, 0.2) is 11.6 Å². The number of aromatic nitrogens is 5. The first-order valence-electron chi connectivity index (χ1n) is 13.0. The summed E-state index contributed by atoms with van der Waals surface area (Å²) in [4.78, 5) is 43.0. The number of H-pyrrole nitrogens is 1. The van der Waals surface area contributed by atoms with E-state index in [1.807, 2.05) is 10.6 Å². The smallest absolute Gasteiger partial charge is 0.302 e. The Hall–Kier alpha value is -4.71. The van der Waals surface area contributed by atoms with Crippen molar-refractivity contribution in [3.63, 3.8) is 0 Å². The van der Waals surface area contributed by atoms with Crippen LogP contribution in [0.25, 0.3) is 11.1 Å². The van der Waals surface area contributed by atoms with Gasteiger partial charge in [-0.3, -0.25) is 19.5 Å². The van der Waals surface area contributed by atoms with E-state index in [9.17, 15) is 14.4 Å². The Labute approximate surface area is 229 Å². The van der Waals surface area contributed by atoms with Crippen molar-refractivity contribution in [1.29, 1.82) is 0 Å². The first-order valence-corrected chi connectivity index (χ1v) is 13.0. The lowest BCUT2D eigenvalue weighted by Crippen LogP contribution is -2.50. The molecule has 4 aromatic heterocycles. The van der Waals surface area contributed by atoms with Crippen LogP contribution in [0.3, 0.4) is 0 Å². The van der Waals surface area contributed by atoms with Crippen molar-refractivity contribution >= 4 is 29.2 Å². The standard InChI is InChI=1S/C28H30N8O4/c1-16(37)40-14-20-19(18-9-21(26(38)34(4)13-18)32-24-6-8-30-33-24)5-7-29-25(20)36-27(39)22-10-17-11-28(2,3)12-23(17)35(22)15-31-36/h5-10,13,31H,11-12,14-15H2,1-4H3,(H2,30,32,33). The Kier molecular flexibility index (Phi) is 6.06. The first-order chi connectivity index (χ1) is 19.1. The molecular formula is C28H30N8O4. The molecule has 1 aliphatic carbocycles. The average molecular weight is 543 g/mol. The molecular weight excluding hydrogens is 512 g/mol. The third kappa shape index (κ3) is 4.45. The normalized spacial score (nSPS) is 15.6. The highest BCUT2D eigenvalue weighted by Crippen LogP contribution is 2.39. The molecule has 12 nitrogen and oxygen atoms in total. The number of amides is 1. The van der Waals surface area contributed by atoms with Crippen LogP contribution < -0.4 is 21.3 Å². The van der Waals surface area contributed by atoms with Crippen molar-refractivity contribution in [2.24, 2.45) is 12.5 Å². The Morgan fingerprint density at radius 2 is 2.02 bits per heavy atom. The van der Waals surface area contributed by atoms with Crippen molar-refractivity contribution < 1.29 is 14.3 Å². The lowest BCUT2D eigenvalue weighted by atomic mass is 9.90. The average Bonchev–Trinajstić information content (AvgIpc) is 3.60. The molecule has 12 heteroatoms. The maximum absolute atomic E-state index is 13.8. The molecule has 3 N–H and O–H groups in total. The number of rotatable bonds is 6. The van der Waals surface area contributed by atoms with E-state index in [0.717, 1.165) is 12.8 Å². The number of carbonyl (C=O) groups is 2. The van der Waals surface area contributed by atoms with E-state index in [4.69, 9.17) is 4.74 Å². The van der Waals surface area contributed by atoms with Gasteiger partial charge in [-0.05, 0) is 47.6 Å². The molecule has 0 fully saturated rings. The predicted octanol–water partition coefficient (Wildman–Crippen LogP) is 3.03. The second-order valence-electron chi connectivity index (χ2n) is 11.0. The lowest BCUT2D eigenvalue weighted by molar-refractivity contribution is -0.142. The van der Waals surface area contributed by atoms with Crippen LogP contribution in [0.15, 0.2) is 47.7 Å². The summed E-state index contributed by atoms with van der Waals surface area (Å²) < 4.78 is 8.92. The molecule has 206 valence electrons. The zero-order valence-electron chi connectivity index (χ0n) is 22.7. The van der Waals surface area contributed by atoms with Gasteiger partial charge in [-0.2, -0.15) is 5.10 Å². The second kappa shape index (κ2) is 9.49. The van der Waals surface area contributed by atoms with Crippen LogP contribution in [0.2, 0.25) is 0 Å². The summed E-state index contributed by atoms with van der Waals surface area (Å²) in [5.41, 5.74) is 8.28. The summed E-state index contributed by atoms with van der Waals surface area (Å²) >= 11 is 0. The fourth-order valence-corrected chi connectivity index (χ4v) is 5.57. The van der Waals surface area contributed by atoms with Gasteiger partial charge in [0.2, 0.25) is 0 Å². The van der Waals surface area contributed by atoms with E-state index in [0.29, 0.717) is 46.4 Å². The van der Waals surface area contributed by atoms with E-state index in [1.54, 1.807) is 43.8 Å². The number of hydrazine groups is 1. The second-order valence-corrected chi connectivity index (χ2v) is 11.0. The molecule has 2 aliphatic rings. The van der Waals surface area contributed by atoms with Crippen molar-refractivity contribution in [1.82, 2.24) is 29.7 Å². The Morgan fingerprint density at radius 1 is 1.20 bits per heavy atom. The van der Waals surface area contributed by atoms with Gasteiger partial charge in [0.1, 0.15) is 18.0 Å². The molecule has 0 saturated heterocycles. The number of fused-ring (bicyclic) bond motifs is 3. The van der Waals surface area contributed by atoms with Gasteiger partial charge in [0.25, 0.3) is 11.5 Å². The molecule has 0 spiro atoms. The molecule has 0 atom stereocenters. The Morgan fingerprint density at radius 3 is 2.77 bits per heavy atom. The molecule has 0 radical (unpaired) electrons. The van der Waals surface area contributed by atoms with Crippen LogP contribution in [-0.4, -0.2) is 36.2 Å². The van der Waals surface area contributed by atoms with Crippen molar-refractivity contribution in [2.75, 3.05) is 10.3 Å². The lowest BCUT2D eigenvalue weighted by Gasteiger charge is -2.31. The number of hydrogen-bond acceptors (Lipinski definition) is 8. The zero-order valence-corrected chi connectivity index (χ0v) is 22.7. The molecule has 0 saturated carbocycles. The number of aryl methyl sites for hydroxylation is 1. The Bertz CT molecular complexity index is 1700. The molecule has 0 bridgehead atoms. The molecule has 6 rings (SSSR count). The Balaban J connectivity index is 1.42. The fourth-order valence-electron chi connectivity index (χ4n) is 5.57. The minimum absolute atomic E-state index is 0.115. The van der Waals surface area contributed by atoms with Gasteiger partial charge >= 0.3 is 5.97 Å². The van der Waals surface area contributed by atoms with Gasteiger partial charge in [0, 0.05) is 55.4 Å².